The van der Waals surface area contributed by atoms with Crippen LogP contribution in [0.5, 0.6) is 0 Å². The first-order valence-electron chi connectivity index (χ1n) is 9.19. The summed E-state index contributed by atoms with van der Waals surface area (Å²) in [6.07, 6.45) is 1.47. The van der Waals surface area contributed by atoms with Crippen molar-refractivity contribution < 1.29 is 14.1 Å². The molecule has 0 saturated heterocycles. The molecule has 0 bridgehead atoms. The van der Waals surface area contributed by atoms with Gasteiger partial charge in [-0.3, -0.25) is 19.7 Å². The fraction of sp³-hybridized carbons (Fsp3) is 0.0455. The maximum atomic E-state index is 12.9. The second-order valence-corrected chi connectivity index (χ2v) is 6.72. The van der Waals surface area contributed by atoms with Crippen molar-refractivity contribution >= 4 is 28.3 Å². The number of carbonyl (C=O) groups excluding carboxylic acids is 1. The Morgan fingerprint density at radius 3 is 2.42 bits per heavy atom. The Bertz CT molecular complexity index is 1410. The van der Waals surface area contributed by atoms with E-state index in [4.69, 9.17) is 4.42 Å². The zero-order chi connectivity index (χ0) is 22.0. The largest absolute Gasteiger partial charge is 0.421 e. The topological polar surface area (TPSA) is 124 Å². The Kier molecular flexibility index (Phi) is 5.15. The number of carbonyl (C=O) groups is 1. The Hall–Kier alpha value is -4.53. The summed E-state index contributed by atoms with van der Waals surface area (Å²) in [5, 5.41) is 13.4. The first-order chi connectivity index (χ1) is 14.9. The van der Waals surface area contributed by atoms with Crippen LogP contribution in [0, 0.1) is 10.1 Å². The van der Waals surface area contributed by atoms with E-state index in [2.05, 4.69) is 5.32 Å². The predicted octanol–water partition coefficient (Wildman–Crippen LogP) is 3.16. The summed E-state index contributed by atoms with van der Waals surface area (Å²) in [5.41, 5.74) is -0.277. The first kappa shape index (κ1) is 19.8. The van der Waals surface area contributed by atoms with Crippen LogP contribution >= 0.6 is 0 Å². The molecule has 0 radical (unpaired) electrons. The average molecular weight is 417 g/mol. The molecule has 0 fully saturated rings. The molecule has 0 spiro atoms. The maximum Gasteiger partial charge on any atom is 0.360 e. The minimum absolute atomic E-state index is 0.0461. The van der Waals surface area contributed by atoms with Crippen molar-refractivity contribution in [1.29, 1.82) is 0 Å². The van der Waals surface area contributed by atoms with E-state index in [-0.39, 0.29) is 28.9 Å². The lowest BCUT2D eigenvalue weighted by Gasteiger charge is -2.08. The van der Waals surface area contributed by atoms with Crippen molar-refractivity contribution in [1.82, 2.24) is 4.57 Å². The quantitative estimate of drug-likeness (QED) is 0.393. The third-order valence-corrected chi connectivity index (χ3v) is 4.66. The molecule has 2 aromatic heterocycles. The maximum absolute atomic E-state index is 12.9. The van der Waals surface area contributed by atoms with Crippen LogP contribution in [0.3, 0.4) is 0 Å². The van der Waals surface area contributed by atoms with E-state index in [0.717, 1.165) is 0 Å². The van der Waals surface area contributed by atoms with Crippen LogP contribution < -0.4 is 16.5 Å². The van der Waals surface area contributed by atoms with Gasteiger partial charge in [-0.2, -0.15) is 0 Å². The van der Waals surface area contributed by atoms with Crippen molar-refractivity contribution in [2.24, 2.45) is 0 Å². The number of hydrogen-bond donors (Lipinski definition) is 1. The number of fused-ring (bicyclic) bond motifs is 1. The van der Waals surface area contributed by atoms with Gasteiger partial charge in [-0.25, -0.2) is 4.79 Å². The zero-order valence-corrected chi connectivity index (χ0v) is 16.0. The monoisotopic (exact) mass is 417 g/mol. The zero-order valence-electron chi connectivity index (χ0n) is 16.0. The molecule has 2 heterocycles. The number of nitrogens with zero attached hydrogens (tertiary/aromatic N) is 2. The first-order valence-corrected chi connectivity index (χ1v) is 9.19. The summed E-state index contributed by atoms with van der Waals surface area (Å²) in [5.74, 6) is -0.505. The molecule has 0 atom stereocenters. The summed E-state index contributed by atoms with van der Waals surface area (Å²) in [6.45, 7) is 0.164. The normalized spacial score (nSPS) is 10.7. The number of nitro benzene ring substituents is 1. The summed E-state index contributed by atoms with van der Waals surface area (Å²) < 4.78 is 6.58. The lowest BCUT2D eigenvalue weighted by molar-refractivity contribution is -0.384. The molecule has 0 aliphatic carbocycles. The number of anilines is 1. The van der Waals surface area contributed by atoms with Crippen LogP contribution in [0.25, 0.3) is 11.0 Å². The summed E-state index contributed by atoms with van der Waals surface area (Å²) >= 11 is 0. The van der Waals surface area contributed by atoms with Crippen molar-refractivity contribution in [3.05, 3.63) is 115 Å². The van der Waals surface area contributed by atoms with Gasteiger partial charge in [0.25, 0.3) is 17.2 Å². The minimum Gasteiger partial charge on any atom is -0.421 e. The highest BCUT2D eigenvalue weighted by Gasteiger charge is 2.14. The SMILES string of the molecule is O=C(Nc1cc2c(=O)n(Cc3ccc([N+](=O)[O-])cc3)ccc2oc1=O)c1ccccc1. The van der Waals surface area contributed by atoms with Gasteiger partial charge in [0.15, 0.2) is 0 Å². The Morgan fingerprint density at radius 1 is 1.03 bits per heavy atom. The number of nitro groups is 1. The van der Waals surface area contributed by atoms with E-state index in [1.54, 1.807) is 42.5 Å². The number of benzene rings is 2. The number of hydrogen-bond acceptors (Lipinski definition) is 6. The van der Waals surface area contributed by atoms with Crippen LogP contribution in [0.2, 0.25) is 0 Å². The number of nitrogens with one attached hydrogen (secondary N) is 1. The summed E-state index contributed by atoms with van der Waals surface area (Å²) in [7, 11) is 0. The van der Waals surface area contributed by atoms with Gasteiger partial charge in [-0.05, 0) is 29.8 Å². The molecule has 4 aromatic rings. The van der Waals surface area contributed by atoms with E-state index in [0.29, 0.717) is 11.1 Å². The number of non-ortho nitro benzene ring substituents is 1. The molecule has 4 rings (SSSR count). The van der Waals surface area contributed by atoms with Crippen molar-refractivity contribution in [2.75, 3.05) is 5.32 Å². The molecule has 9 heteroatoms. The Morgan fingerprint density at radius 2 is 1.74 bits per heavy atom. The average Bonchev–Trinajstić information content (AvgIpc) is 2.77. The van der Waals surface area contributed by atoms with Crippen LogP contribution in [-0.4, -0.2) is 15.4 Å². The molecule has 0 aliphatic rings. The molecular weight excluding hydrogens is 402 g/mol. The minimum atomic E-state index is -0.774. The molecule has 0 unspecified atom stereocenters. The second-order valence-electron chi connectivity index (χ2n) is 6.72. The van der Waals surface area contributed by atoms with E-state index in [1.807, 2.05) is 0 Å². The fourth-order valence-electron chi connectivity index (χ4n) is 3.07. The number of amides is 1. The summed E-state index contributed by atoms with van der Waals surface area (Å²) in [4.78, 5) is 47.8. The van der Waals surface area contributed by atoms with Crippen molar-refractivity contribution in [3.8, 4) is 0 Å². The predicted molar refractivity (Wildman–Crippen MR) is 113 cm³/mol. The second kappa shape index (κ2) is 8.07. The molecule has 1 N–H and O–H groups in total. The van der Waals surface area contributed by atoms with Gasteiger partial charge < -0.3 is 14.3 Å². The third-order valence-electron chi connectivity index (χ3n) is 4.66. The smallest absolute Gasteiger partial charge is 0.360 e. The van der Waals surface area contributed by atoms with Gasteiger partial charge in [0.2, 0.25) is 0 Å². The van der Waals surface area contributed by atoms with E-state index in [1.165, 1.54) is 35.0 Å². The lowest BCUT2D eigenvalue weighted by atomic mass is 10.2. The number of pyridine rings is 1. The van der Waals surface area contributed by atoms with E-state index in [9.17, 15) is 24.5 Å². The summed E-state index contributed by atoms with van der Waals surface area (Å²) in [6, 6.07) is 16.9. The van der Waals surface area contributed by atoms with Crippen molar-refractivity contribution in [2.45, 2.75) is 6.54 Å². The highest BCUT2D eigenvalue weighted by atomic mass is 16.6. The van der Waals surface area contributed by atoms with Crippen molar-refractivity contribution in [3.63, 3.8) is 0 Å². The number of aromatic nitrogens is 1. The van der Waals surface area contributed by atoms with Gasteiger partial charge in [-0.1, -0.05) is 30.3 Å². The highest BCUT2D eigenvalue weighted by Crippen LogP contribution is 2.15. The Balaban J connectivity index is 1.67. The molecule has 31 heavy (non-hydrogen) atoms. The molecule has 2 aromatic carbocycles. The molecule has 154 valence electrons. The van der Waals surface area contributed by atoms with E-state index < -0.39 is 22.0 Å². The fourth-order valence-corrected chi connectivity index (χ4v) is 3.07. The van der Waals surface area contributed by atoms with Crippen LogP contribution in [-0.2, 0) is 6.54 Å². The number of rotatable bonds is 5. The van der Waals surface area contributed by atoms with Gasteiger partial charge in [0, 0.05) is 23.9 Å². The van der Waals surface area contributed by atoms with E-state index >= 15 is 0 Å². The molecule has 0 saturated carbocycles. The van der Waals surface area contributed by atoms with Crippen LogP contribution in [0.15, 0.2) is 86.9 Å². The van der Waals surface area contributed by atoms with Gasteiger partial charge in [0.05, 0.1) is 16.9 Å². The standard InChI is InChI=1S/C22H15N3O6/c26-20(15-4-2-1-3-5-15)23-18-12-17-19(31-22(18)28)10-11-24(21(17)27)13-14-6-8-16(9-7-14)25(29)30/h1-12H,13H2,(H,23,26). The van der Waals surface area contributed by atoms with Gasteiger partial charge in [0.1, 0.15) is 11.3 Å². The molecule has 0 aliphatic heterocycles. The van der Waals surface area contributed by atoms with Gasteiger partial charge in [-0.15, -0.1) is 0 Å². The lowest BCUT2D eigenvalue weighted by Crippen LogP contribution is -2.22. The Labute approximate surface area is 174 Å². The molecule has 9 nitrogen and oxygen atoms in total. The molecular formula is C22H15N3O6. The molecule has 1 amide bonds. The third kappa shape index (κ3) is 4.10. The van der Waals surface area contributed by atoms with Gasteiger partial charge >= 0.3 is 5.63 Å². The highest BCUT2D eigenvalue weighted by molar-refractivity contribution is 6.04. The van der Waals surface area contributed by atoms with Crippen LogP contribution in [0.4, 0.5) is 11.4 Å². The van der Waals surface area contributed by atoms with Crippen LogP contribution in [0.1, 0.15) is 15.9 Å².